The third kappa shape index (κ3) is 3.59. The fraction of sp³-hybridized carbons (Fsp3) is 0.500. The van der Waals surface area contributed by atoms with E-state index >= 15 is 0 Å². The number of carbonyl (C=O) groups is 2. The minimum absolute atomic E-state index is 0.00135. The normalized spacial score (nSPS) is 18.7. The van der Waals surface area contributed by atoms with Crippen LogP contribution in [0.5, 0.6) is 0 Å². The summed E-state index contributed by atoms with van der Waals surface area (Å²) in [6.07, 6.45) is 2.97. The predicted octanol–water partition coefficient (Wildman–Crippen LogP) is 2.55. The minimum atomic E-state index is -0.293. The zero-order valence-corrected chi connectivity index (χ0v) is 12.1. The SMILES string of the molecule is CC(=O)OC[C@H]1CCCCN1C(=O)c1ccc(C)cc1. The van der Waals surface area contributed by atoms with Crippen LogP contribution in [0.2, 0.25) is 0 Å². The number of aryl methyl sites for hydroxylation is 1. The van der Waals surface area contributed by atoms with Crippen LogP contribution >= 0.6 is 0 Å². The third-order valence-corrected chi connectivity index (χ3v) is 3.67. The van der Waals surface area contributed by atoms with Crippen LogP contribution in [0, 0.1) is 6.92 Å². The quantitative estimate of drug-likeness (QED) is 0.796. The molecule has 0 N–H and O–H groups in total. The number of ether oxygens (including phenoxy) is 1. The Balaban J connectivity index is 2.08. The zero-order chi connectivity index (χ0) is 14.5. The molecule has 1 heterocycles. The van der Waals surface area contributed by atoms with Crippen molar-refractivity contribution in [2.45, 2.75) is 39.2 Å². The molecule has 0 spiro atoms. The molecule has 1 amide bonds. The second-order valence-corrected chi connectivity index (χ2v) is 5.32. The van der Waals surface area contributed by atoms with Gasteiger partial charge in [0.25, 0.3) is 5.91 Å². The predicted molar refractivity (Wildman–Crippen MR) is 76.5 cm³/mol. The molecule has 0 radical (unpaired) electrons. The summed E-state index contributed by atoms with van der Waals surface area (Å²) in [5.74, 6) is -0.264. The maximum absolute atomic E-state index is 12.6. The van der Waals surface area contributed by atoms with Crippen LogP contribution < -0.4 is 0 Å². The number of nitrogens with zero attached hydrogens (tertiary/aromatic N) is 1. The summed E-state index contributed by atoms with van der Waals surface area (Å²) in [5.41, 5.74) is 1.84. The standard InChI is InChI=1S/C16H21NO3/c1-12-6-8-14(9-7-12)16(19)17-10-4-3-5-15(17)11-20-13(2)18/h6-9,15H,3-5,10-11H2,1-2H3/t15-/m1/s1. The van der Waals surface area contributed by atoms with Gasteiger partial charge in [-0.2, -0.15) is 0 Å². The van der Waals surface area contributed by atoms with Gasteiger partial charge in [-0.15, -0.1) is 0 Å². The molecule has 0 aromatic heterocycles. The Labute approximate surface area is 119 Å². The Morgan fingerprint density at radius 2 is 1.95 bits per heavy atom. The average molecular weight is 275 g/mol. The molecule has 4 heteroatoms. The Morgan fingerprint density at radius 1 is 1.25 bits per heavy atom. The zero-order valence-electron chi connectivity index (χ0n) is 12.1. The van der Waals surface area contributed by atoms with Crippen molar-refractivity contribution in [3.63, 3.8) is 0 Å². The monoisotopic (exact) mass is 275 g/mol. The van der Waals surface area contributed by atoms with E-state index < -0.39 is 0 Å². The Kier molecular flexibility index (Phi) is 4.77. The summed E-state index contributed by atoms with van der Waals surface area (Å²) in [7, 11) is 0. The highest BCUT2D eigenvalue weighted by Crippen LogP contribution is 2.20. The highest BCUT2D eigenvalue weighted by atomic mass is 16.5. The molecule has 1 saturated heterocycles. The van der Waals surface area contributed by atoms with Crippen molar-refractivity contribution in [2.24, 2.45) is 0 Å². The van der Waals surface area contributed by atoms with Gasteiger partial charge in [-0.1, -0.05) is 17.7 Å². The summed E-state index contributed by atoms with van der Waals surface area (Å²) >= 11 is 0. The first-order valence-electron chi connectivity index (χ1n) is 7.09. The van der Waals surface area contributed by atoms with Gasteiger partial charge in [-0.05, 0) is 38.3 Å². The molecule has 1 aromatic rings. The Hall–Kier alpha value is -1.84. The average Bonchev–Trinajstić information content (AvgIpc) is 2.45. The molecule has 1 aromatic carbocycles. The number of hydrogen-bond donors (Lipinski definition) is 0. The first kappa shape index (κ1) is 14.6. The van der Waals surface area contributed by atoms with E-state index in [2.05, 4.69) is 0 Å². The molecule has 108 valence electrons. The lowest BCUT2D eigenvalue weighted by molar-refractivity contribution is -0.142. The van der Waals surface area contributed by atoms with E-state index in [0.29, 0.717) is 12.2 Å². The molecule has 0 saturated carbocycles. The lowest BCUT2D eigenvalue weighted by atomic mass is 10.0. The van der Waals surface area contributed by atoms with E-state index in [-0.39, 0.29) is 17.9 Å². The lowest BCUT2D eigenvalue weighted by Crippen LogP contribution is -2.46. The first-order valence-corrected chi connectivity index (χ1v) is 7.09. The van der Waals surface area contributed by atoms with Gasteiger partial charge in [0.2, 0.25) is 0 Å². The lowest BCUT2D eigenvalue weighted by Gasteiger charge is -2.35. The van der Waals surface area contributed by atoms with Crippen LogP contribution in [0.3, 0.4) is 0 Å². The van der Waals surface area contributed by atoms with E-state index in [1.165, 1.54) is 6.92 Å². The van der Waals surface area contributed by atoms with Crippen LogP contribution in [0.4, 0.5) is 0 Å². The van der Waals surface area contributed by atoms with Gasteiger partial charge in [0, 0.05) is 19.0 Å². The molecule has 1 atom stereocenters. The number of piperidine rings is 1. The van der Waals surface area contributed by atoms with Gasteiger partial charge >= 0.3 is 5.97 Å². The minimum Gasteiger partial charge on any atom is -0.464 e. The van der Waals surface area contributed by atoms with Crippen molar-refractivity contribution in [3.05, 3.63) is 35.4 Å². The third-order valence-electron chi connectivity index (χ3n) is 3.67. The second-order valence-electron chi connectivity index (χ2n) is 5.32. The highest BCUT2D eigenvalue weighted by molar-refractivity contribution is 5.94. The van der Waals surface area contributed by atoms with Crippen LogP contribution in [0.1, 0.15) is 42.1 Å². The maximum Gasteiger partial charge on any atom is 0.302 e. The number of amides is 1. The second kappa shape index (κ2) is 6.55. The van der Waals surface area contributed by atoms with Crippen LogP contribution in [-0.4, -0.2) is 36.0 Å². The summed E-state index contributed by atoms with van der Waals surface area (Å²) < 4.78 is 5.08. The molecule has 2 rings (SSSR count). The van der Waals surface area contributed by atoms with E-state index in [1.807, 2.05) is 36.1 Å². The van der Waals surface area contributed by atoms with Crippen molar-refractivity contribution < 1.29 is 14.3 Å². The van der Waals surface area contributed by atoms with E-state index in [9.17, 15) is 9.59 Å². The smallest absolute Gasteiger partial charge is 0.302 e. The van der Waals surface area contributed by atoms with Gasteiger partial charge < -0.3 is 9.64 Å². The van der Waals surface area contributed by atoms with E-state index in [4.69, 9.17) is 4.74 Å². The first-order chi connectivity index (χ1) is 9.58. The molecular formula is C16H21NO3. The fourth-order valence-corrected chi connectivity index (χ4v) is 2.52. The van der Waals surface area contributed by atoms with Gasteiger partial charge in [0.1, 0.15) is 6.61 Å². The molecule has 4 nitrogen and oxygen atoms in total. The fourth-order valence-electron chi connectivity index (χ4n) is 2.52. The number of rotatable bonds is 3. The van der Waals surface area contributed by atoms with Crippen molar-refractivity contribution in [2.75, 3.05) is 13.2 Å². The highest BCUT2D eigenvalue weighted by Gasteiger charge is 2.28. The molecule has 1 aliphatic heterocycles. The van der Waals surface area contributed by atoms with Crippen LogP contribution in [0.15, 0.2) is 24.3 Å². The molecule has 0 bridgehead atoms. The largest absolute Gasteiger partial charge is 0.464 e. The van der Waals surface area contributed by atoms with Gasteiger partial charge in [-0.25, -0.2) is 0 Å². The van der Waals surface area contributed by atoms with Crippen molar-refractivity contribution in [1.82, 2.24) is 4.90 Å². The molecule has 1 aliphatic rings. The van der Waals surface area contributed by atoms with Crippen molar-refractivity contribution >= 4 is 11.9 Å². The Morgan fingerprint density at radius 3 is 2.60 bits per heavy atom. The number of likely N-dealkylation sites (tertiary alicyclic amines) is 1. The summed E-state index contributed by atoms with van der Waals surface area (Å²) in [4.78, 5) is 25.3. The van der Waals surface area contributed by atoms with Crippen LogP contribution in [-0.2, 0) is 9.53 Å². The maximum atomic E-state index is 12.6. The van der Waals surface area contributed by atoms with Crippen molar-refractivity contribution in [3.8, 4) is 0 Å². The number of benzene rings is 1. The Bertz CT molecular complexity index is 481. The molecule has 0 aliphatic carbocycles. The van der Waals surface area contributed by atoms with E-state index in [0.717, 1.165) is 31.4 Å². The van der Waals surface area contributed by atoms with Gasteiger partial charge in [0.05, 0.1) is 6.04 Å². The van der Waals surface area contributed by atoms with Crippen LogP contribution in [0.25, 0.3) is 0 Å². The summed E-state index contributed by atoms with van der Waals surface area (Å²) in [5, 5.41) is 0. The van der Waals surface area contributed by atoms with Crippen molar-refractivity contribution in [1.29, 1.82) is 0 Å². The molecule has 20 heavy (non-hydrogen) atoms. The molecule has 1 fully saturated rings. The molecular weight excluding hydrogens is 254 g/mol. The summed E-state index contributed by atoms with van der Waals surface area (Å²) in [6, 6.07) is 7.60. The van der Waals surface area contributed by atoms with Gasteiger partial charge in [-0.3, -0.25) is 9.59 Å². The number of hydrogen-bond acceptors (Lipinski definition) is 3. The van der Waals surface area contributed by atoms with E-state index in [1.54, 1.807) is 0 Å². The molecule has 0 unspecified atom stereocenters. The number of esters is 1. The summed E-state index contributed by atoms with van der Waals surface area (Å²) in [6.45, 7) is 4.43. The van der Waals surface area contributed by atoms with Gasteiger partial charge in [0.15, 0.2) is 0 Å². The number of carbonyl (C=O) groups excluding carboxylic acids is 2. The topological polar surface area (TPSA) is 46.6 Å².